The topological polar surface area (TPSA) is 64.6 Å². The van der Waals surface area contributed by atoms with Crippen LogP contribution in [0.3, 0.4) is 0 Å². The van der Waals surface area contributed by atoms with Crippen LogP contribution in [0.1, 0.15) is 30.5 Å². The van der Waals surface area contributed by atoms with Gasteiger partial charge in [0.2, 0.25) is 5.91 Å². The van der Waals surface area contributed by atoms with E-state index in [4.69, 9.17) is 9.47 Å². The second-order valence-electron chi connectivity index (χ2n) is 6.81. The van der Waals surface area contributed by atoms with Crippen molar-refractivity contribution in [2.45, 2.75) is 19.3 Å². The summed E-state index contributed by atoms with van der Waals surface area (Å²) in [6.45, 7) is 3.41. The first-order chi connectivity index (χ1) is 13.9. The Morgan fingerprint density at radius 3 is 1.72 bits per heavy atom. The lowest BCUT2D eigenvalue weighted by molar-refractivity contribution is -0.118. The van der Waals surface area contributed by atoms with Crippen LogP contribution in [-0.4, -0.2) is 19.1 Å². The predicted molar refractivity (Wildman–Crippen MR) is 111 cm³/mol. The number of methoxy groups -OCH3 is 1. The molecule has 1 N–H and O–H groups in total. The number of hydrogen-bond donors (Lipinski definition) is 1. The summed E-state index contributed by atoms with van der Waals surface area (Å²) in [4.78, 5) is 22.6. The Hall–Kier alpha value is -3.60. The number of carbonyl (C=O) groups excluding carboxylic acids is 2. The van der Waals surface area contributed by atoms with E-state index in [1.54, 1.807) is 19.2 Å². The maximum Gasteiger partial charge on any atom is 0.419 e. The van der Waals surface area contributed by atoms with Gasteiger partial charge in [-0.25, -0.2) is 4.79 Å². The van der Waals surface area contributed by atoms with Gasteiger partial charge in [0.25, 0.3) is 0 Å². The molecule has 1 unspecified atom stereocenters. The summed E-state index contributed by atoms with van der Waals surface area (Å²) in [5.74, 6) is 0.685. The molecule has 0 aromatic heterocycles. The Bertz CT molecular complexity index is 982. The number of amides is 2. The molecule has 29 heavy (non-hydrogen) atoms. The van der Waals surface area contributed by atoms with Gasteiger partial charge in [0.05, 0.1) is 7.11 Å². The summed E-state index contributed by atoms with van der Waals surface area (Å²) in [5.41, 5.74) is 2.85. The van der Waals surface area contributed by atoms with Crippen molar-refractivity contribution >= 4 is 12.0 Å². The summed E-state index contributed by atoms with van der Waals surface area (Å²) in [7, 11) is 1.65. The highest BCUT2D eigenvalue weighted by atomic mass is 16.6. The van der Waals surface area contributed by atoms with Crippen LogP contribution >= 0.6 is 0 Å². The first-order valence-electron chi connectivity index (χ1n) is 9.23. The van der Waals surface area contributed by atoms with Gasteiger partial charge >= 0.3 is 6.09 Å². The molecule has 0 fully saturated rings. The summed E-state index contributed by atoms with van der Waals surface area (Å²) in [6, 6.07) is 25.5. The zero-order chi connectivity index (χ0) is 20.9. The molecule has 5 heteroatoms. The minimum absolute atomic E-state index is 0.359. The van der Waals surface area contributed by atoms with Crippen molar-refractivity contribution in [2.75, 3.05) is 7.11 Å². The third kappa shape index (κ3) is 4.46. The minimum atomic E-state index is -0.800. The maximum absolute atomic E-state index is 11.6. The Kier molecular flexibility index (Phi) is 5.98. The first-order valence-corrected chi connectivity index (χ1v) is 9.23. The second kappa shape index (κ2) is 8.61. The summed E-state index contributed by atoms with van der Waals surface area (Å²) in [6.07, 6.45) is -0.800. The number of rotatable bonds is 5. The van der Waals surface area contributed by atoms with Crippen LogP contribution in [0.2, 0.25) is 0 Å². The number of nitrogens with one attached hydrogen (secondary N) is 1. The number of ether oxygens (including phenoxy) is 2. The molecular weight excluding hydrogens is 366 g/mol. The zero-order valence-corrected chi connectivity index (χ0v) is 16.6. The SMILES string of the molecule is COc1ccc(C(C)(c2ccccc2)c2ccc(OC(=O)NC(C)=O)cc2)cc1. The standard InChI is InChI=1S/C24H23NO4/c1-17(26)25-23(27)29-22-15-11-20(12-16-22)24(2,18-7-5-4-6-8-18)19-9-13-21(28-3)14-10-19/h4-16H,1-3H3,(H,25,26,27). The molecule has 0 saturated carbocycles. The lowest BCUT2D eigenvalue weighted by atomic mass is 9.71. The molecule has 0 heterocycles. The maximum atomic E-state index is 11.6. The number of hydrogen-bond acceptors (Lipinski definition) is 4. The third-order valence-electron chi connectivity index (χ3n) is 4.94. The Morgan fingerprint density at radius 1 is 0.759 bits per heavy atom. The van der Waals surface area contributed by atoms with Gasteiger partial charge in [0.1, 0.15) is 11.5 Å². The number of imide groups is 1. The van der Waals surface area contributed by atoms with E-state index in [1.807, 2.05) is 42.5 Å². The van der Waals surface area contributed by atoms with E-state index in [2.05, 4.69) is 36.5 Å². The molecular formula is C24H23NO4. The monoisotopic (exact) mass is 389 g/mol. The highest BCUT2D eigenvalue weighted by Gasteiger charge is 2.31. The molecule has 0 bridgehead atoms. The fraction of sp³-hybridized carbons (Fsp3) is 0.167. The average molecular weight is 389 g/mol. The van der Waals surface area contributed by atoms with Crippen molar-refractivity contribution in [3.05, 3.63) is 95.6 Å². The normalized spacial score (nSPS) is 12.5. The van der Waals surface area contributed by atoms with Crippen molar-refractivity contribution in [3.63, 3.8) is 0 Å². The molecule has 3 rings (SSSR count). The summed E-state index contributed by atoms with van der Waals surface area (Å²) >= 11 is 0. The quantitative estimate of drug-likeness (QED) is 0.643. The Morgan fingerprint density at radius 2 is 1.24 bits per heavy atom. The lowest BCUT2D eigenvalue weighted by Gasteiger charge is -2.32. The molecule has 0 saturated heterocycles. The fourth-order valence-corrected chi connectivity index (χ4v) is 3.33. The molecule has 0 aliphatic heterocycles. The van der Waals surface area contributed by atoms with Gasteiger partial charge < -0.3 is 9.47 Å². The van der Waals surface area contributed by atoms with E-state index in [9.17, 15) is 9.59 Å². The van der Waals surface area contributed by atoms with E-state index in [1.165, 1.54) is 6.92 Å². The van der Waals surface area contributed by atoms with E-state index in [-0.39, 0.29) is 0 Å². The number of carbonyl (C=O) groups is 2. The molecule has 5 nitrogen and oxygen atoms in total. The van der Waals surface area contributed by atoms with Crippen molar-refractivity contribution in [1.29, 1.82) is 0 Å². The van der Waals surface area contributed by atoms with Crippen molar-refractivity contribution in [1.82, 2.24) is 5.32 Å². The van der Waals surface area contributed by atoms with Crippen LogP contribution < -0.4 is 14.8 Å². The van der Waals surface area contributed by atoms with Gasteiger partial charge in [-0.05, 0) is 47.9 Å². The lowest BCUT2D eigenvalue weighted by Crippen LogP contribution is -2.30. The highest BCUT2D eigenvalue weighted by Crippen LogP contribution is 2.39. The van der Waals surface area contributed by atoms with Crippen molar-refractivity contribution in [3.8, 4) is 11.5 Å². The van der Waals surface area contributed by atoms with Gasteiger partial charge in [0, 0.05) is 12.3 Å². The Labute approximate surface area is 170 Å². The van der Waals surface area contributed by atoms with E-state index in [0.717, 1.165) is 22.4 Å². The van der Waals surface area contributed by atoms with Crippen LogP contribution in [0.15, 0.2) is 78.9 Å². The summed E-state index contributed by atoms with van der Waals surface area (Å²) < 4.78 is 10.4. The fourth-order valence-electron chi connectivity index (χ4n) is 3.33. The number of benzene rings is 3. The molecule has 2 amide bonds. The minimum Gasteiger partial charge on any atom is -0.497 e. The second-order valence-corrected chi connectivity index (χ2v) is 6.81. The van der Waals surface area contributed by atoms with Crippen LogP contribution in [-0.2, 0) is 10.2 Å². The van der Waals surface area contributed by atoms with E-state index >= 15 is 0 Å². The largest absolute Gasteiger partial charge is 0.497 e. The average Bonchev–Trinajstić information content (AvgIpc) is 2.74. The van der Waals surface area contributed by atoms with Crippen LogP contribution in [0.5, 0.6) is 11.5 Å². The van der Waals surface area contributed by atoms with Gasteiger partial charge in [-0.15, -0.1) is 0 Å². The van der Waals surface area contributed by atoms with Crippen LogP contribution in [0.25, 0.3) is 0 Å². The Balaban J connectivity index is 1.98. The zero-order valence-electron chi connectivity index (χ0n) is 16.6. The summed E-state index contributed by atoms with van der Waals surface area (Å²) in [5, 5.41) is 2.09. The van der Waals surface area contributed by atoms with E-state index < -0.39 is 17.4 Å². The molecule has 0 aliphatic carbocycles. The molecule has 3 aromatic rings. The van der Waals surface area contributed by atoms with Gasteiger partial charge in [-0.1, -0.05) is 54.6 Å². The van der Waals surface area contributed by atoms with Gasteiger partial charge in [-0.3, -0.25) is 10.1 Å². The van der Waals surface area contributed by atoms with Crippen LogP contribution in [0.4, 0.5) is 4.79 Å². The van der Waals surface area contributed by atoms with Crippen molar-refractivity contribution < 1.29 is 19.1 Å². The van der Waals surface area contributed by atoms with Gasteiger partial charge in [-0.2, -0.15) is 0 Å². The van der Waals surface area contributed by atoms with E-state index in [0.29, 0.717) is 5.75 Å². The van der Waals surface area contributed by atoms with Gasteiger partial charge in [0.15, 0.2) is 0 Å². The molecule has 3 aromatic carbocycles. The molecule has 1 atom stereocenters. The molecule has 0 radical (unpaired) electrons. The smallest absolute Gasteiger partial charge is 0.419 e. The molecule has 0 aliphatic rings. The first kappa shape index (κ1) is 20.1. The molecule has 0 spiro atoms. The predicted octanol–water partition coefficient (Wildman–Crippen LogP) is 4.68. The third-order valence-corrected chi connectivity index (χ3v) is 4.94. The molecule has 148 valence electrons. The highest BCUT2D eigenvalue weighted by molar-refractivity contribution is 5.91. The van der Waals surface area contributed by atoms with Crippen LogP contribution in [0, 0.1) is 0 Å². The van der Waals surface area contributed by atoms with Crippen molar-refractivity contribution in [2.24, 2.45) is 0 Å².